The number of halogens is 2. The normalized spacial score (nSPS) is 10.9. The molecular formula is C14H16Cl2N2S. The van der Waals surface area contributed by atoms with Crippen LogP contribution in [0.4, 0.5) is 0 Å². The number of aryl methyl sites for hydroxylation is 2. The van der Waals surface area contributed by atoms with E-state index >= 15 is 0 Å². The van der Waals surface area contributed by atoms with E-state index in [1.54, 1.807) is 11.8 Å². The topological polar surface area (TPSA) is 17.8 Å². The molecule has 1 aromatic carbocycles. The fourth-order valence-corrected chi connectivity index (χ4v) is 3.22. The van der Waals surface area contributed by atoms with Crippen molar-refractivity contribution in [3.05, 3.63) is 46.2 Å². The van der Waals surface area contributed by atoms with Crippen LogP contribution in [-0.4, -0.2) is 9.78 Å². The van der Waals surface area contributed by atoms with Crippen molar-refractivity contribution >= 4 is 35.0 Å². The molecule has 0 aliphatic heterocycles. The van der Waals surface area contributed by atoms with Crippen molar-refractivity contribution in [2.45, 2.75) is 36.9 Å². The third-order valence-corrected chi connectivity index (χ3v) is 4.73. The van der Waals surface area contributed by atoms with Crippen LogP contribution < -0.4 is 0 Å². The Morgan fingerprint density at radius 2 is 1.95 bits per heavy atom. The Kier molecular flexibility index (Phi) is 5.20. The summed E-state index contributed by atoms with van der Waals surface area (Å²) >= 11 is 13.8. The fraction of sp³-hybridized carbons (Fsp3) is 0.357. The maximum Gasteiger partial charge on any atom is 0.0855 e. The Morgan fingerprint density at radius 1 is 1.26 bits per heavy atom. The number of thioether (sulfide) groups is 1. The second kappa shape index (κ2) is 6.69. The number of hydrogen-bond donors (Lipinski definition) is 0. The Hall–Kier alpha value is -0.640. The van der Waals surface area contributed by atoms with E-state index in [1.807, 2.05) is 11.6 Å². The van der Waals surface area contributed by atoms with Crippen LogP contribution in [0.2, 0.25) is 5.02 Å². The summed E-state index contributed by atoms with van der Waals surface area (Å²) in [6, 6.07) is 8.30. The zero-order chi connectivity index (χ0) is 13.8. The van der Waals surface area contributed by atoms with Crippen LogP contribution in [0.5, 0.6) is 0 Å². The first-order valence-electron chi connectivity index (χ1n) is 6.15. The molecule has 0 amide bonds. The Morgan fingerprint density at radius 3 is 2.53 bits per heavy atom. The molecule has 0 aliphatic carbocycles. The third-order valence-electron chi connectivity index (χ3n) is 2.91. The number of nitrogens with zero attached hydrogens (tertiary/aromatic N) is 2. The molecule has 5 heteroatoms. The van der Waals surface area contributed by atoms with Gasteiger partial charge in [0.25, 0.3) is 0 Å². The predicted octanol–water partition coefficient (Wildman–Crippen LogP) is 4.90. The van der Waals surface area contributed by atoms with Crippen molar-refractivity contribution in [2.24, 2.45) is 0 Å². The van der Waals surface area contributed by atoms with Crippen molar-refractivity contribution in [3.8, 4) is 0 Å². The first-order chi connectivity index (χ1) is 9.15. The predicted molar refractivity (Wildman–Crippen MR) is 83.2 cm³/mol. The highest BCUT2D eigenvalue weighted by Gasteiger charge is 2.12. The van der Waals surface area contributed by atoms with Crippen LogP contribution in [0.25, 0.3) is 0 Å². The van der Waals surface area contributed by atoms with Crippen molar-refractivity contribution in [2.75, 3.05) is 0 Å². The lowest BCUT2D eigenvalue weighted by Gasteiger charge is -2.06. The summed E-state index contributed by atoms with van der Waals surface area (Å²) in [5, 5.41) is 5.21. The first-order valence-corrected chi connectivity index (χ1v) is 8.05. The summed E-state index contributed by atoms with van der Waals surface area (Å²) in [5.74, 6) is 1.38. The van der Waals surface area contributed by atoms with Gasteiger partial charge in [-0.05, 0) is 31.5 Å². The molecular weight excluding hydrogens is 299 g/mol. The first kappa shape index (κ1) is 14.8. The van der Waals surface area contributed by atoms with Gasteiger partial charge in [-0.1, -0.05) is 23.7 Å². The lowest BCUT2D eigenvalue weighted by Crippen LogP contribution is -2.01. The maximum absolute atomic E-state index is 6.29. The van der Waals surface area contributed by atoms with E-state index in [1.165, 1.54) is 4.90 Å². The summed E-state index contributed by atoms with van der Waals surface area (Å²) in [6.45, 7) is 4.86. The molecule has 1 aromatic heterocycles. The standard InChI is InChI=1S/C14H16Cl2N2S/c1-3-18-13(14(16)10(2)17-18)9-19-12-6-4-11(8-15)5-7-12/h4-7H,3,8-9H2,1-2H3. The number of hydrogen-bond acceptors (Lipinski definition) is 2. The molecule has 102 valence electrons. The molecule has 0 bridgehead atoms. The molecule has 2 aromatic rings. The van der Waals surface area contributed by atoms with Gasteiger partial charge in [0.05, 0.1) is 16.4 Å². The minimum absolute atomic E-state index is 0.554. The molecule has 2 rings (SSSR count). The minimum Gasteiger partial charge on any atom is -0.267 e. The molecule has 1 heterocycles. The monoisotopic (exact) mass is 314 g/mol. The van der Waals surface area contributed by atoms with Crippen molar-refractivity contribution in [3.63, 3.8) is 0 Å². The highest BCUT2D eigenvalue weighted by molar-refractivity contribution is 7.98. The number of aromatic nitrogens is 2. The van der Waals surface area contributed by atoms with E-state index in [2.05, 4.69) is 36.3 Å². The lowest BCUT2D eigenvalue weighted by molar-refractivity contribution is 0.632. The van der Waals surface area contributed by atoms with E-state index in [0.29, 0.717) is 5.88 Å². The van der Waals surface area contributed by atoms with Gasteiger partial charge < -0.3 is 0 Å². The fourth-order valence-electron chi connectivity index (χ4n) is 1.83. The molecule has 0 saturated heterocycles. The van der Waals surface area contributed by atoms with E-state index in [-0.39, 0.29) is 0 Å². The summed E-state index contributed by atoms with van der Waals surface area (Å²) in [4.78, 5) is 1.21. The number of alkyl halides is 1. The Balaban J connectivity index is 2.09. The largest absolute Gasteiger partial charge is 0.267 e. The molecule has 2 nitrogen and oxygen atoms in total. The molecule has 0 radical (unpaired) electrons. The minimum atomic E-state index is 0.554. The second-order valence-corrected chi connectivity index (χ2v) is 5.92. The van der Waals surface area contributed by atoms with Crippen LogP contribution in [-0.2, 0) is 18.2 Å². The average molecular weight is 315 g/mol. The molecule has 0 spiro atoms. The van der Waals surface area contributed by atoms with E-state index in [4.69, 9.17) is 23.2 Å². The molecule has 19 heavy (non-hydrogen) atoms. The highest BCUT2D eigenvalue weighted by atomic mass is 35.5. The molecule has 0 atom stereocenters. The lowest BCUT2D eigenvalue weighted by atomic mass is 10.2. The van der Waals surface area contributed by atoms with E-state index in [9.17, 15) is 0 Å². The number of benzene rings is 1. The van der Waals surface area contributed by atoms with Crippen LogP contribution in [0.3, 0.4) is 0 Å². The average Bonchev–Trinajstić information content (AvgIpc) is 2.72. The second-order valence-electron chi connectivity index (χ2n) is 4.23. The highest BCUT2D eigenvalue weighted by Crippen LogP contribution is 2.28. The maximum atomic E-state index is 6.29. The van der Waals surface area contributed by atoms with E-state index in [0.717, 1.165) is 34.3 Å². The Bertz CT molecular complexity index is 549. The number of rotatable bonds is 5. The van der Waals surface area contributed by atoms with Gasteiger partial charge >= 0.3 is 0 Å². The van der Waals surface area contributed by atoms with Crippen LogP contribution in [0.15, 0.2) is 29.2 Å². The SMILES string of the molecule is CCn1nc(C)c(Cl)c1CSc1ccc(CCl)cc1. The molecule has 0 saturated carbocycles. The van der Waals surface area contributed by atoms with Gasteiger partial charge in [0, 0.05) is 23.1 Å². The zero-order valence-corrected chi connectivity index (χ0v) is 13.3. The van der Waals surface area contributed by atoms with E-state index < -0.39 is 0 Å². The van der Waals surface area contributed by atoms with Crippen molar-refractivity contribution in [1.29, 1.82) is 0 Å². The van der Waals surface area contributed by atoms with Gasteiger partial charge in [-0.3, -0.25) is 4.68 Å². The molecule has 0 fully saturated rings. The Labute approximate surface area is 128 Å². The van der Waals surface area contributed by atoms with Crippen LogP contribution in [0, 0.1) is 6.92 Å². The summed E-state index contributed by atoms with van der Waals surface area (Å²) < 4.78 is 1.97. The summed E-state index contributed by atoms with van der Waals surface area (Å²) in [6.07, 6.45) is 0. The molecule has 0 unspecified atom stereocenters. The third kappa shape index (κ3) is 3.47. The van der Waals surface area contributed by atoms with Gasteiger partial charge in [-0.2, -0.15) is 5.10 Å². The molecule has 0 N–H and O–H groups in total. The van der Waals surface area contributed by atoms with Gasteiger partial charge in [0.15, 0.2) is 0 Å². The van der Waals surface area contributed by atoms with Crippen molar-refractivity contribution < 1.29 is 0 Å². The summed E-state index contributed by atoms with van der Waals surface area (Å²) in [7, 11) is 0. The summed E-state index contributed by atoms with van der Waals surface area (Å²) in [5.41, 5.74) is 3.13. The van der Waals surface area contributed by atoms with Crippen LogP contribution >= 0.6 is 35.0 Å². The van der Waals surface area contributed by atoms with Gasteiger partial charge in [0.1, 0.15) is 0 Å². The van der Waals surface area contributed by atoms with Crippen molar-refractivity contribution in [1.82, 2.24) is 9.78 Å². The van der Waals surface area contributed by atoms with Gasteiger partial charge in [-0.15, -0.1) is 23.4 Å². The van der Waals surface area contributed by atoms with Gasteiger partial charge in [-0.25, -0.2) is 0 Å². The smallest absolute Gasteiger partial charge is 0.0855 e. The van der Waals surface area contributed by atoms with Crippen LogP contribution in [0.1, 0.15) is 23.9 Å². The quantitative estimate of drug-likeness (QED) is 0.577. The zero-order valence-electron chi connectivity index (χ0n) is 11.0. The van der Waals surface area contributed by atoms with Gasteiger partial charge in [0.2, 0.25) is 0 Å². The molecule has 0 aliphatic rings.